The Kier molecular flexibility index (Phi) is 3.39. The van der Waals surface area contributed by atoms with Crippen molar-refractivity contribution in [1.82, 2.24) is 0 Å². The van der Waals surface area contributed by atoms with Crippen LogP contribution >= 0.6 is 11.3 Å². The molecule has 1 aromatic carbocycles. The zero-order valence-corrected chi connectivity index (χ0v) is 9.82. The van der Waals surface area contributed by atoms with Crippen molar-refractivity contribution in [2.24, 2.45) is 0 Å². The molecule has 2 rings (SSSR count). The molecule has 84 valence electrons. The van der Waals surface area contributed by atoms with Gasteiger partial charge in [-0.25, -0.2) is 0 Å². The molecule has 0 saturated heterocycles. The summed E-state index contributed by atoms with van der Waals surface area (Å²) < 4.78 is 0. The van der Waals surface area contributed by atoms with Crippen LogP contribution in [0.4, 0.5) is 0 Å². The molecule has 0 fully saturated rings. The quantitative estimate of drug-likeness (QED) is 0.857. The Morgan fingerprint density at radius 3 is 2.25 bits per heavy atom. The Bertz CT molecular complexity index is 450. The lowest BCUT2D eigenvalue weighted by molar-refractivity contribution is 0.0191. The van der Waals surface area contributed by atoms with Crippen LogP contribution in [0.5, 0.6) is 0 Å². The molecule has 2 atom stereocenters. The maximum atomic E-state index is 10.1. The Morgan fingerprint density at radius 1 is 1.00 bits per heavy atom. The third-order valence-corrected chi connectivity index (χ3v) is 3.70. The number of thiophene rings is 1. The summed E-state index contributed by atoms with van der Waals surface area (Å²) in [5.74, 6) is 0. The zero-order chi connectivity index (χ0) is 11.5. The molecule has 0 spiro atoms. The van der Waals surface area contributed by atoms with Gasteiger partial charge in [-0.05, 0) is 29.5 Å². The SMILES string of the molecule is Cc1ccsc1C(O)C(O)c1ccccc1. The van der Waals surface area contributed by atoms with Gasteiger partial charge in [-0.2, -0.15) is 0 Å². The molecule has 0 saturated carbocycles. The number of hydrogen-bond donors (Lipinski definition) is 2. The van der Waals surface area contributed by atoms with Gasteiger partial charge >= 0.3 is 0 Å². The maximum absolute atomic E-state index is 10.1. The highest BCUT2D eigenvalue weighted by molar-refractivity contribution is 7.10. The van der Waals surface area contributed by atoms with E-state index in [1.54, 1.807) is 0 Å². The van der Waals surface area contributed by atoms with Crippen LogP contribution < -0.4 is 0 Å². The zero-order valence-electron chi connectivity index (χ0n) is 9.00. The standard InChI is InChI=1S/C13H14O2S/c1-9-7-8-16-13(9)12(15)11(14)10-5-3-2-4-6-10/h2-8,11-12,14-15H,1H3. The predicted molar refractivity (Wildman–Crippen MR) is 65.4 cm³/mol. The third-order valence-electron chi connectivity index (χ3n) is 2.61. The average molecular weight is 234 g/mol. The number of aliphatic hydroxyl groups excluding tert-OH is 2. The van der Waals surface area contributed by atoms with Crippen molar-refractivity contribution < 1.29 is 10.2 Å². The average Bonchev–Trinajstić information content (AvgIpc) is 2.75. The minimum absolute atomic E-state index is 0.739. The van der Waals surface area contributed by atoms with Crippen molar-refractivity contribution in [3.8, 4) is 0 Å². The van der Waals surface area contributed by atoms with Crippen molar-refractivity contribution in [2.45, 2.75) is 19.1 Å². The molecule has 3 heteroatoms. The largest absolute Gasteiger partial charge is 0.385 e. The molecule has 0 radical (unpaired) electrons. The first-order chi connectivity index (χ1) is 7.70. The van der Waals surface area contributed by atoms with Gasteiger partial charge in [-0.3, -0.25) is 0 Å². The Morgan fingerprint density at radius 2 is 1.69 bits per heavy atom. The highest BCUT2D eigenvalue weighted by atomic mass is 32.1. The molecule has 0 aliphatic carbocycles. The molecule has 0 aliphatic heterocycles. The van der Waals surface area contributed by atoms with Crippen LogP contribution in [0.2, 0.25) is 0 Å². The molecule has 0 aliphatic rings. The number of aryl methyl sites for hydroxylation is 1. The van der Waals surface area contributed by atoms with E-state index in [9.17, 15) is 10.2 Å². The van der Waals surface area contributed by atoms with Crippen LogP contribution in [0.25, 0.3) is 0 Å². The van der Waals surface area contributed by atoms with Gasteiger partial charge in [-0.1, -0.05) is 30.3 Å². The van der Waals surface area contributed by atoms with Gasteiger partial charge in [0.2, 0.25) is 0 Å². The maximum Gasteiger partial charge on any atom is 0.118 e. The summed E-state index contributed by atoms with van der Waals surface area (Å²) in [6.07, 6.45) is -1.71. The highest BCUT2D eigenvalue weighted by Crippen LogP contribution is 2.33. The van der Waals surface area contributed by atoms with Crippen molar-refractivity contribution >= 4 is 11.3 Å². The Labute approximate surface area is 98.8 Å². The fraction of sp³-hybridized carbons (Fsp3) is 0.231. The van der Waals surface area contributed by atoms with Gasteiger partial charge in [0.25, 0.3) is 0 Å². The summed E-state index contributed by atoms with van der Waals surface area (Å²) in [6.45, 7) is 1.94. The van der Waals surface area contributed by atoms with E-state index in [1.807, 2.05) is 48.7 Å². The van der Waals surface area contributed by atoms with Crippen LogP contribution in [0.15, 0.2) is 41.8 Å². The summed E-state index contributed by atoms with van der Waals surface area (Å²) in [6, 6.07) is 11.2. The summed E-state index contributed by atoms with van der Waals surface area (Å²) in [5, 5.41) is 22.0. The number of aliphatic hydroxyl groups is 2. The number of rotatable bonds is 3. The highest BCUT2D eigenvalue weighted by Gasteiger charge is 2.22. The first kappa shape index (κ1) is 11.3. The number of benzene rings is 1. The second kappa shape index (κ2) is 4.78. The molecule has 2 N–H and O–H groups in total. The fourth-order valence-electron chi connectivity index (χ4n) is 1.66. The number of hydrogen-bond acceptors (Lipinski definition) is 3. The normalized spacial score (nSPS) is 14.7. The van der Waals surface area contributed by atoms with Crippen molar-refractivity contribution in [2.75, 3.05) is 0 Å². The van der Waals surface area contributed by atoms with Gasteiger partial charge in [0.15, 0.2) is 0 Å². The van der Waals surface area contributed by atoms with Crippen molar-refractivity contribution in [3.63, 3.8) is 0 Å². The van der Waals surface area contributed by atoms with Gasteiger partial charge in [-0.15, -0.1) is 11.3 Å². The second-order valence-electron chi connectivity index (χ2n) is 3.77. The lowest BCUT2D eigenvalue weighted by atomic mass is 10.0. The van der Waals surface area contributed by atoms with E-state index in [0.717, 1.165) is 16.0 Å². The Hall–Kier alpha value is -1.16. The smallest absolute Gasteiger partial charge is 0.118 e. The summed E-state index contributed by atoms with van der Waals surface area (Å²) in [4.78, 5) is 0.830. The van der Waals surface area contributed by atoms with Crippen LogP contribution in [0.1, 0.15) is 28.2 Å². The summed E-state index contributed by atoms with van der Waals surface area (Å²) >= 11 is 1.47. The first-order valence-electron chi connectivity index (χ1n) is 5.15. The molecule has 1 heterocycles. The lowest BCUT2D eigenvalue weighted by Crippen LogP contribution is -2.09. The van der Waals surface area contributed by atoms with Gasteiger partial charge in [0.05, 0.1) is 0 Å². The van der Waals surface area contributed by atoms with E-state index in [0.29, 0.717) is 0 Å². The molecular formula is C13H14O2S. The van der Waals surface area contributed by atoms with E-state index in [4.69, 9.17) is 0 Å². The topological polar surface area (TPSA) is 40.5 Å². The fourth-order valence-corrected chi connectivity index (χ4v) is 2.60. The van der Waals surface area contributed by atoms with E-state index in [2.05, 4.69) is 0 Å². The molecule has 1 aromatic heterocycles. The van der Waals surface area contributed by atoms with Gasteiger partial charge in [0.1, 0.15) is 12.2 Å². The second-order valence-corrected chi connectivity index (χ2v) is 4.72. The molecule has 2 nitrogen and oxygen atoms in total. The third kappa shape index (κ3) is 2.16. The monoisotopic (exact) mass is 234 g/mol. The lowest BCUT2D eigenvalue weighted by Gasteiger charge is -2.17. The predicted octanol–water partition coefficient (Wildman–Crippen LogP) is 2.82. The molecule has 2 unspecified atom stereocenters. The molecular weight excluding hydrogens is 220 g/mol. The molecule has 16 heavy (non-hydrogen) atoms. The Balaban J connectivity index is 2.23. The molecule has 2 aromatic rings. The minimum atomic E-state index is -0.862. The van der Waals surface area contributed by atoms with Crippen LogP contribution in [-0.4, -0.2) is 10.2 Å². The van der Waals surface area contributed by atoms with Crippen LogP contribution in [-0.2, 0) is 0 Å². The van der Waals surface area contributed by atoms with E-state index in [-0.39, 0.29) is 0 Å². The first-order valence-corrected chi connectivity index (χ1v) is 6.03. The summed E-state index contributed by atoms with van der Waals surface area (Å²) in [7, 11) is 0. The van der Waals surface area contributed by atoms with Crippen molar-refractivity contribution in [3.05, 3.63) is 57.8 Å². The molecule has 0 bridgehead atoms. The summed E-state index contributed by atoms with van der Waals surface area (Å²) in [5.41, 5.74) is 1.76. The van der Waals surface area contributed by atoms with E-state index >= 15 is 0 Å². The van der Waals surface area contributed by atoms with E-state index in [1.165, 1.54) is 11.3 Å². The van der Waals surface area contributed by atoms with E-state index < -0.39 is 12.2 Å². The van der Waals surface area contributed by atoms with Crippen LogP contribution in [0, 0.1) is 6.92 Å². The molecule has 0 amide bonds. The van der Waals surface area contributed by atoms with Gasteiger partial charge < -0.3 is 10.2 Å². The van der Waals surface area contributed by atoms with Gasteiger partial charge in [0, 0.05) is 4.88 Å². The van der Waals surface area contributed by atoms with Crippen molar-refractivity contribution in [1.29, 1.82) is 0 Å². The van der Waals surface area contributed by atoms with Crippen LogP contribution in [0.3, 0.4) is 0 Å². The minimum Gasteiger partial charge on any atom is -0.385 e.